The monoisotopic (exact) mass is 427 g/mol. The minimum atomic E-state index is -0.322. The number of hydrogen-bond acceptors (Lipinski definition) is 5. The molecule has 1 N–H and O–H groups in total. The second kappa shape index (κ2) is 6.96. The quantitative estimate of drug-likeness (QED) is 0.476. The summed E-state index contributed by atoms with van der Waals surface area (Å²) in [4.78, 5) is 8.82. The maximum Gasteiger partial charge on any atom is 0.226 e. The van der Waals surface area contributed by atoms with E-state index in [0.29, 0.717) is 11.0 Å². The van der Waals surface area contributed by atoms with Gasteiger partial charge in [0, 0.05) is 28.6 Å². The Kier molecular flexibility index (Phi) is 4.07. The third-order valence-electron chi connectivity index (χ3n) is 5.74. The number of fused-ring (bicyclic) bond motifs is 3. The Morgan fingerprint density at radius 1 is 1.06 bits per heavy atom. The zero-order valence-corrected chi connectivity index (χ0v) is 17.4. The maximum absolute atomic E-state index is 6.60. The van der Waals surface area contributed by atoms with Crippen LogP contribution in [0.25, 0.3) is 5.70 Å². The zero-order chi connectivity index (χ0) is 20.9. The number of nitrogens with zero attached hydrogens (tertiary/aromatic N) is 4. The first kappa shape index (κ1) is 18.2. The van der Waals surface area contributed by atoms with Crippen molar-refractivity contribution in [3.8, 4) is 5.75 Å². The number of benzene rings is 2. The SMILES string of the molecule is Cc1ccc2c(c1)C1=C([C@@H](c3ccc(Cl)cc3)O2)[C@@H](c2cccnc2)n2ncnc2N1. The predicted molar refractivity (Wildman–Crippen MR) is 119 cm³/mol. The van der Waals surface area contributed by atoms with Gasteiger partial charge in [-0.05, 0) is 48.4 Å². The van der Waals surface area contributed by atoms with E-state index >= 15 is 0 Å². The number of rotatable bonds is 2. The van der Waals surface area contributed by atoms with Crippen LogP contribution in [-0.2, 0) is 0 Å². The molecule has 0 saturated carbocycles. The topological polar surface area (TPSA) is 64.9 Å². The average Bonchev–Trinajstić information content (AvgIpc) is 3.27. The summed E-state index contributed by atoms with van der Waals surface area (Å²) < 4.78 is 8.49. The van der Waals surface area contributed by atoms with Gasteiger partial charge in [-0.1, -0.05) is 41.4 Å². The summed E-state index contributed by atoms with van der Waals surface area (Å²) in [5, 5.41) is 8.73. The van der Waals surface area contributed by atoms with Crippen LogP contribution in [0.1, 0.15) is 34.4 Å². The summed E-state index contributed by atoms with van der Waals surface area (Å²) in [5.74, 6) is 1.52. The first-order valence-electron chi connectivity index (χ1n) is 10.0. The highest BCUT2D eigenvalue weighted by atomic mass is 35.5. The van der Waals surface area contributed by atoms with Gasteiger partial charge in [0.15, 0.2) is 0 Å². The van der Waals surface area contributed by atoms with E-state index in [9.17, 15) is 0 Å². The summed E-state index contributed by atoms with van der Waals surface area (Å²) in [6.45, 7) is 2.08. The zero-order valence-electron chi connectivity index (χ0n) is 16.7. The lowest BCUT2D eigenvalue weighted by Crippen LogP contribution is -2.32. The van der Waals surface area contributed by atoms with E-state index in [4.69, 9.17) is 16.3 Å². The van der Waals surface area contributed by atoms with Gasteiger partial charge >= 0.3 is 0 Å². The van der Waals surface area contributed by atoms with Crippen LogP contribution in [0.2, 0.25) is 5.02 Å². The molecule has 0 fully saturated rings. The van der Waals surface area contributed by atoms with Crippen molar-refractivity contribution < 1.29 is 4.74 Å². The second-order valence-electron chi connectivity index (χ2n) is 7.72. The molecule has 0 aliphatic carbocycles. The van der Waals surface area contributed by atoms with Crippen LogP contribution in [0.3, 0.4) is 0 Å². The van der Waals surface area contributed by atoms with Crippen molar-refractivity contribution in [1.82, 2.24) is 19.7 Å². The minimum Gasteiger partial charge on any atom is -0.480 e. The largest absolute Gasteiger partial charge is 0.480 e. The molecular formula is C24H18ClN5O. The Morgan fingerprint density at radius 3 is 2.74 bits per heavy atom. The maximum atomic E-state index is 6.60. The molecule has 31 heavy (non-hydrogen) atoms. The predicted octanol–water partition coefficient (Wildman–Crippen LogP) is 5.19. The van der Waals surface area contributed by atoms with Crippen molar-refractivity contribution >= 4 is 23.2 Å². The van der Waals surface area contributed by atoms with Crippen molar-refractivity contribution in [3.05, 3.63) is 106 Å². The highest BCUT2D eigenvalue weighted by molar-refractivity contribution is 6.30. The summed E-state index contributed by atoms with van der Waals surface area (Å²) in [6.07, 6.45) is 4.89. The molecule has 0 radical (unpaired) electrons. The number of pyridine rings is 1. The smallest absolute Gasteiger partial charge is 0.226 e. The third-order valence-corrected chi connectivity index (χ3v) is 5.99. The van der Waals surface area contributed by atoms with Crippen molar-refractivity contribution in [1.29, 1.82) is 0 Å². The van der Waals surface area contributed by atoms with E-state index < -0.39 is 0 Å². The molecule has 0 spiro atoms. The van der Waals surface area contributed by atoms with Crippen LogP contribution >= 0.6 is 11.6 Å². The van der Waals surface area contributed by atoms with Gasteiger partial charge in [0.25, 0.3) is 0 Å². The molecule has 2 aromatic carbocycles. The Balaban J connectivity index is 1.64. The minimum absolute atomic E-state index is 0.211. The van der Waals surface area contributed by atoms with E-state index in [1.807, 2.05) is 47.3 Å². The summed E-state index contributed by atoms with van der Waals surface area (Å²) >= 11 is 6.17. The lowest BCUT2D eigenvalue weighted by atomic mass is 9.85. The fraction of sp³-hybridized carbons (Fsp3) is 0.125. The molecule has 4 aromatic rings. The highest BCUT2D eigenvalue weighted by Crippen LogP contribution is 2.50. The number of aryl methyl sites for hydroxylation is 1. The summed E-state index contributed by atoms with van der Waals surface area (Å²) in [5.41, 5.74) is 6.27. The fourth-order valence-corrected chi connectivity index (χ4v) is 4.48. The lowest BCUT2D eigenvalue weighted by molar-refractivity contribution is 0.223. The molecule has 2 aliphatic heterocycles. The van der Waals surface area contributed by atoms with Crippen LogP contribution in [0.5, 0.6) is 5.75 Å². The lowest BCUT2D eigenvalue weighted by Gasteiger charge is -2.39. The second-order valence-corrected chi connectivity index (χ2v) is 8.16. The Labute approximate surface area is 184 Å². The molecule has 152 valence electrons. The van der Waals surface area contributed by atoms with Gasteiger partial charge in [0.2, 0.25) is 5.95 Å². The Morgan fingerprint density at radius 2 is 1.94 bits per heavy atom. The molecule has 0 amide bonds. The molecular weight excluding hydrogens is 410 g/mol. The van der Waals surface area contributed by atoms with E-state index in [1.54, 1.807) is 12.5 Å². The first-order valence-corrected chi connectivity index (χ1v) is 10.4. The van der Waals surface area contributed by atoms with E-state index in [-0.39, 0.29) is 12.1 Å². The van der Waals surface area contributed by atoms with Crippen LogP contribution in [-0.4, -0.2) is 19.7 Å². The fourth-order valence-electron chi connectivity index (χ4n) is 4.35. The summed E-state index contributed by atoms with van der Waals surface area (Å²) in [6, 6.07) is 17.8. The van der Waals surface area contributed by atoms with Gasteiger partial charge in [0.05, 0.1) is 5.70 Å². The third kappa shape index (κ3) is 2.91. The Bertz CT molecular complexity index is 1310. The highest BCUT2D eigenvalue weighted by Gasteiger charge is 2.41. The number of anilines is 1. The number of hydrogen-bond donors (Lipinski definition) is 1. The molecule has 2 aromatic heterocycles. The molecule has 2 atom stereocenters. The van der Waals surface area contributed by atoms with Gasteiger partial charge in [-0.3, -0.25) is 4.98 Å². The van der Waals surface area contributed by atoms with Crippen molar-refractivity contribution in [2.24, 2.45) is 0 Å². The molecule has 0 bridgehead atoms. The van der Waals surface area contributed by atoms with E-state index in [1.165, 1.54) is 0 Å². The first-order chi connectivity index (χ1) is 15.2. The van der Waals surface area contributed by atoms with E-state index in [0.717, 1.165) is 39.3 Å². The van der Waals surface area contributed by atoms with Crippen molar-refractivity contribution in [2.75, 3.05) is 5.32 Å². The molecule has 4 heterocycles. The van der Waals surface area contributed by atoms with Gasteiger partial charge in [-0.25, -0.2) is 4.68 Å². The van der Waals surface area contributed by atoms with Crippen molar-refractivity contribution in [2.45, 2.75) is 19.1 Å². The van der Waals surface area contributed by atoms with Gasteiger partial charge in [0.1, 0.15) is 24.2 Å². The Hall–Kier alpha value is -3.64. The number of ether oxygens (including phenoxy) is 1. The molecule has 0 saturated heterocycles. The molecule has 6 rings (SSSR count). The molecule has 0 unspecified atom stereocenters. The standard InChI is InChI=1S/C24H18ClN5O/c1-14-4-9-19-18(11-14)21-20(23(31-19)15-5-7-17(25)8-6-15)22(16-3-2-10-26-12-16)30-24(29-21)27-13-28-30/h2-13,22-23H,1H3,(H,27,28,29)/t22-,23-/m1/s1. The van der Waals surface area contributed by atoms with Crippen LogP contribution < -0.4 is 10.1 Å². The van der Waals surface area contributed by atoms with Gasteiger partial charge < -0.3 is 10.1 Å². The number of aromatic nitrogens is 4. The van der Waals surface area contributed by atoms with Gasteiger partial charge in [-0.15, -0.1) is 0 Å². The van der Waals surface area contributed by atoms with E-state index in [2.05, 4.69) is 45.5 Å². The normalized spacial score (nSPS) is 19.0. The van der Waals surface area contributed by atoms with Gasteiger partial charge in [-0.2, -0.15) is 10.1 Å². The molecule has 6 nitrogen and oxygen atoms in total. The van der Waals surface area contributed by atoms with Crippen LogP contribution in [0, 0.1) is 6.92 Å². The average molecular weight is 428 g/mol. The van der Waals surface area contributed by atoms with Crippen molar-refractivity contribution in [3.63, 3.8) is 0 Å². The molecule has 7 heteroatoms. The summed E-state index contributed by atoms with van der Waals surface area (Å²) in [7, 11) is 0. The molecule has 2 aliphatic rings. The van der Waals surface area contributed by atoms with Crippen LogP contribution in [0.4, 0.5) is 5.95 Å². The van der Waals surface area contributed by atoms with Crippen LogP contribution in [0.15, 0.2) is 78.9 Å². The number of nitrogens with one attached hydrogen (secondary N) is 1. The number of halogens is 1.